The van der Waals surface area contributed by atoms with Gasteiger partial charge >= 0.3 is 0 Å². The van der Waals surface area contributed by atoms with E-state index in [1.807, 2.05) is 6.07 Å². The average Bonchev–Trinajstić information content (AvgIpc) is 1.86. The van der Waals surface area contributed by atoms with Gasteiger partial charge in [-0.1, -0.05) is 0 Å². The Morgan fingerprint density at radius 3 is 2.43 bits per heavy atom. The van der Waals surface area contributed by atoms with Crippen molar-refractivity contribution in [3.05, 3.63) is 31.1 Å². The fraction of sp³-hybridized carbons (Fsp3) is 0. The normalized spacial score (nSPS) is 7.57. The lowest BCUT2D eigenvalue weighted by atomic mass is 10.5. The minimum Gasteiger partial charge on any atom is -0.469 e. The quantitative estimate of drug-likeness (QED) is 0.506. The number of rotatable bonds is 0. The van der Waals surface area contributed by atoms with Crippen LogP contribution in [-0.4, -0.2) is 0 Å². The minimum absolute atomic E-state index is 0. The van der Waals surface area contributed by atoms with Crippen molar-refractivity contribution < 1.29 is 4.42 Å². The summed E-state index contributed by atoms with van der Waals surface area (Å²) in [7, 11) is 0. The number of hydrogen-bond acceptors (Lipinski definition) is 1. The molecule has 0 unspecified atom stereocenters. The van der Waals surface area contributed by atoms with E-state index in [0.29, 0.717) is 0 Å². The molecular weight excluding hydrogens is 112 g/mol. The molecule has 1 nitrogen and oxygen atoms in total. The van der Waals surface area contributed by atoms with Gasteiger partial charge < -0.3 is 4.42 Å². The van der Waals surface area contributed by atoms with E-state index in [1.54, 1.807) is 12.3 Å². The minimum atomic E-state index is 0. The first-order valence-electron chi connectivity index (χ1n) is 1.75. The lowest BCUT2D eigenvalue weighted by Gasteiger charge is -1.68. The van der Waals surface area contributed by atoms with Gasteiger partial charge in [-0.25, -0.2) is 0 Å². The molecule has 2 heteroatoms. The van der Waals surface area contributed by atoms with Crippen molar-refractivity contribution in [1.29, 1.82) is 0 Å². The van der Waals surface area contributed by atoms with Crippen molar-refractivity contribution >= 4 is 12.4 Å². The van der Waals surface area contributed by atoms with Crippen LogP contribution < -0.4 is 0 Å². The number of halogens is 1. The van der Waals surface area contributed by atoms with Gasteiger partial charge in [-0.2, -0.15) is 0 Å². The molecule has 0 aliphatic rings. The molecule has 0 N–H and O–H groups in total. The lowest BCUT2D eigenvalue weighted by molar-refractivity contribution is 0.549. The summed E-state index contributed by atoms with van der Waals surface area (Å²) < 4.78 is 4.72. The lowest BCUT2D eigenvalue weighted by Crippen LogP contribution is -1.48. The highest BCUT2D eigenvalue weighted by molar-refractivity contribution is 5.85. The Hall–Kier alpha value is -0.430. The topological polar surface area (TPSA) is 13.1 Å². The zero-order chi connectivity index (χ0) is 4.41. The van der Waals surface area contributed by atoms with Gasteiger partial charge in [-0.15, -0.1) is 12.4 Å². The van der Waals surface area contributed by atoms with Crippen LogP contribution in [0.1, 0.15) is 5.76 Å². The summed E-state index contributed by atoms with van der Waals surface area (Å²) in [6, 6.07) is 3.61. The second-order valence-electron chi connectivity index (χ2n) is 1.08. The van der Waals surface area contributed by atoms with Crippen molar-refractivity contribution in [1.82, 2.24) is 0 Å². The van der Waals surface area contributed by atoms with Crippen molar-refractivity contribution in [3.63, 3.8) is 0 Å². The molecule has 0 saturated carbocycles. The third-order valence-corrected chi connectivity index (χ3v) is 0.580. The molecule has 0 aromatic carbocycles. The van der Waals surface area contributed by atoms with Crippen LogP contribution in [0.2, 0.25) is 0 Å². The van der Waals surface area contributed by atoms with Gasteiger partial charge in [0.15, 0.2) is 0 Å². The molecule has 0 aliphatic carbocycles. The second-order valence-corrected chi connectivity index (χ2v) is 1.08. The van der Waals surface area contributed by atoms with Crippen molar-refractivity contribution in [2.75, 3.05) is 0 Å². The molecule has 0 amide bonds. The van der Waals surface area contributed by atoms with Gasteiger partial charge in [0, 0.05) is 6.92 Å². The molecule has 0 fully saturated rings. The highest BCUT2D eigenvalue weighted by Gasteiger charge is 1.76. The van der Waals surface area contributed by atoms with Crippen LogP contribution in [0.25, 0.3) is 0 Å². The first-order valence-corrected chi connectivity index (χ1v) is 1.75. The molecule has 0 spiro atoms. The summed E-state index contributed by atoms with van der Waals surface area (Å²) in [5.74, 6) is 0.718. The number of hydrogen-bond donors (Lipinski definition) is 0. The van der Waals surface area contributed by atoms with E-state index >= 15 is 0 Å². The summed E-state index contributed by atoms with van der Waals surface area (Å²) in [6.07, 6.45) is 1.60. The van der Waals surface area contributed by atoms with Gasteiger partial charge in [0.1, 0.15) is 5.76 Å². The summed E-state index contributed by atoms with van der Waals surface area (Å²) >= 11 is 0. The standard InChI is InChI=1S/C5H5O.ClH/c1-5-3-2-4-6-5;/h2-4H,1H2;1H. The molecule has 0 saturated heterocycles. The molecule has 0 bridgehead atoms. The highest BCUT2D eigenvalue weighted by atomic mass is 35.5. The van der Waals surface area contributed by atoms with Crippen LogP contribution in [0.15, 0.2) is 22.8 Å². The van der Waals surface area contributed by atoms with Gasteiger partial charge in [0.25, 0.3) is 0 Å². The van der Waals surface area contributed by atoms with Crippen LogP contribution in [0.4, 0.5) is 0 Å². The summed E-state index contributed by atoms with van der Waals surface area (Å²) in [4.78, 5) is 0. The maximum Gasteiger partial charge on any atom is 0.104 e. The van der Waals surface area contributed by atoms with Crippen molar-refractivity contribution in [3.8, 4) is 0 Å². The Kier molecular flexibility index (Phi) is 2.53. The monoisotopic (exact) mass is 117 g/mol. The Morgan fingerprint density at radius 2 is 2.29 bits per heavy atom. The smallest absolute Gasteiger partial charge is 0.104 e. The highest BCUT2D eigenvalue weighted by Crippen LogP contribution is 1.93. The molecule has 39 valence electrons. The zero-order valence-corrected chi connectivity index (χ0v) is 4.57. The third kappa shape index (κ3) is 1.64. The predicted octanol–water partition coefficient (Wildman–Crippen LogP) is 1.88. The zero-order valence-electron chi connectivity index (χ0n) is 3.76. The molecule has 1 aromatic heterocycles. The van der Waals surface area contributed by atoms with E-state index in [0.717, 1.165) is 5.76 Å². The predicted molar refractivity (Wildman–Crippen MR) is 30.4 cm³/mol. The van der Waals surface area contributed by atoms with Gasteiger partial charge in [-0.3, -0.25) is 0 Å². The van der Waals surface area contributed by atoms with E-state index in [4.69, 9.17) is 4.42 Å². The van der Waals surface area contributed by atoms with Crippen molar-refractivity contribution in [2.45, 2.75) is 0 Å². The molecule has 0 aliphatic heterocycles. The first-order chi connectivity index (χ1) is 2.89. The van der Waals surface area contributed by atoms with Crippen LogP contribution in [0, 0.1) is 6.92 Å². The molecule has 1 heterocycles. The van der Waals surface area contributed by atoms with Gasteiger partial charge in [0.05, 0.1) is 6.26 Å². The Balaban J connectivity index is 0.000000360. The fourth-order valence-corrected chi connectivity index (χ4v) is 0.313. The second kappa shape index (κ2) is 2.69. The summed E-state index contributed by atoms with van der Waals surface area (Å²) in [6.45, 7) is 3.51. The SMILES string of the molecule is Cl.[CH2]c1ccco1. The summed E-state index contributed by atoms with van der Waals surface area (Å²) in [5, 5.41) is 0. The van der Waals surface area contributed by atoms with E-state index in [1.165, 1.54) is 0 Å². The third-order valence-electron chi connectivity index (χ3n) is 0.580. The summed E-state index contributed by atoms with van der Waals surface area (Å²) in [5.41, 5.74) is 0. The maximum absolute atomic E-state index is 4.72. The molecule has 7 heavy (non-hydrogen) atoms. The average molecular weight is 118 g/mol. The van der Waals surface area contributed by atoms with Gasteiger partial charge in [-0.05, 0) is 12.1 Å². The van der Waals surface area contributed by atoms with E-state index in [2.05, 4.69) is 6.92 Å². The molecule has 1 aromatic rings. The molecule has 1 rings (SSSR count). The number of furan rings is 1. The van der Waals surface area contributed by atoms with E-state index in [-0.39, 0.29) is 12.4 Å². The van der Waals surface area contributed by atoms with Crippen LogP contribution in [0.3, 0.4) is 0 Å². The van der Waals surface area contributed by atoms with Crippen LogP contribution >= 0.6 is 12.4 Å². The molecule has 1 radical (unpaired) electrons. The van der Waals surface area contributed by atoms with Gasteiger partial charge in [0.2, 0.25) is 0 Å². The Labute approximate surface area is 48.7 Å². The fourth-order valence-electron chi connectivity index (χ4n) is 0.313. The molecular formula is C5H6ClO. The van der Waals surface area contributed by atoms with E-state index < -0.39 is 0 Å². The van der Waals surface area contributed by atoms with Crippen LogP contribution in [0.5, 0.6) is 0 Å². The first kappa shape index (κ1) is 6.57. The largest absolute Gasteiger partial charge is 0.469 e. The van der Waals surface area contributed by atoms with Crippen LogP contribution in [-0.2, 0) is 0 Å². The van der Waals surface area contributed by atoms with Crippen molar-refractivity contribution in [2.24, 2.45) is 0 Å². The Morgan fingerprint density at radius 1 is 1.57 bits per heavy atom. The Bertz CT molecular complexity index is 112. The molecule has 0 atom stereocenters. The van der Waals surface area contributed by atoms with E-state index in [9.17, 15) is 0 Å². The maximum atomic E-state index is 4.72.